The van der Waals surface area contributed by atoms with Crippen molar-refractivity contribution in [2.45, 2.75) is 26.2 Å². The van der Waals surface area contributed by atoms with Gasteiger partial charge in [-0.3, -0.25) is 9.59 Å². The average molecular weight is 431 g/mol. The SMILES string of the molecule is C=C(C)C(=O)NCCC1=CC=C(N=Nc2cc(C(=O)c3ccccc3)c(O)cc2O)CC1. The number of allylic oxidation sites excluding steroid dienone is 3. The standard InChI is InChI=1S/C25H25N3O4/c1-16(2)25(32)26-13-12-17-8-10-19(11-9-17)27-28-21-14-20(22(29)15-23(21)30)24(31)18-6-4-3-5-7-18/h3-8,10,14-15,29-30H,1,9,11-13H2,2H3,(H,26,32). The van der Waals surface area contributed by atoms with Gasteiger partial charge in [0.2, 0.25) is 5.91 Å². The Morgan fingerprint density at radius 2 is 1.78 bits per heavy atom. The predicted octanol–water partition coefficient (Wildman–Crippen LogP) is 5.10. The zero-order valence-electron chi connectivity index (χ0n) is 17.8. The van der Waals surface area contributed by atoms with Crippen molar-refractivity contribution in [3.8, 4) is 11.5 Å². The van der Waals surface area contributed by atoms with Crippen molar-refractivity contribution in [1.29, 1.82) is 0 Å². The Bertz CT molecular complexity index is 1130. The molecular formula is C25H25N3O4. The second-order valence-corrected chi connectivity index (χ2v) is 7.52. The molecule has 32 heavy (non-hydrogen) atoms. The van der Waals surface area contributed by atoms with Crippen LogP contribution in [0.25, 0.3) is 0 Å². The van der Waals surface area contributed by atoms with Crippen molar-refractivity contribution >= 4 is 17.4 Å². The van der Waals surface area contributed by atoms with Gasteiger partial charge in [0.05, 0.1) is 11.3 Å². The highest BCUT2D eigenvalue weighted by Gasteiger charge is 2.17. The molecule has 2 aromatic rings. The average Bonchev–Trinajstić information content (AvgIpc) is 2.79. The number of rotatable bonds is 8. The Kier molecular flexibility index (Phi) is 7.33. The lowest BCUT2D eigenvalue weighted by Crippen LogP contribution is -2.25. The van der Waals surface area contributed by atoms with Crippen molar-refractivity contribution in [3.63, 3.8) is 0 Å². The molecule has 0 heterocycles. The summed E-state index contributed by atoms with van der Waals surface area (Å²) in [5.41, 5.74) is 2.96. The number of hydrogen-bond acceptors (Lipinski definition) is 6. The normalized spacial score (nSPS) is 13.4. The molecule has 1 amide bonds. The van der Waals surface area contributed by atoms with Crippen molar-refractivity contribution < 1.29 is 19.8 Å². The molecule has 0 saturated carbocycles. The maximum Gasteiger partial charge on any atom is 0.246 e. The van der Waals surface area contributed by atoms with Crippen LogP contribution in [0, 0.1) is 0 Å². The second kappa shape index (κ2) is 10.3. The smallest absolute Gasteiger partial charge is 0.246 e. The molecule has 0 spiro atoms. The summed E-state index contributed by atoms with van der Waals surface area (Å²) in [5, 5.41) is 31.3. The second-order valence-electron chi connectivity index (χ2n) is 7.52. The third-order valence-corrected chi connectivity index (χ3v) is 4.99. The van der Waals surface area contributed by atoms with Crippen LogP contribution in [-0.4, -0.2) is 28.4 Å². The van der Waals surface area contributed by atoms with Crippen LogP contribution in [0.5, 0.6) is 11.5 Å². The topological polar surface area (TPSA) is 111 Å². The fourth-order valence-corrected chi connectivity index (χ4v) is 3.14. The highest BCUT2D eigenvalue weighted by molar-refractivity contribution is 6.11. The third kappa shape index (κ3) is 5.78. The molecule has 3 rings (SSSR count). The Balaban J connectivity index is 1.69. The van der Waals surface area contributed by atoms with Crippen molar-refractivity contribution in [2.24, 2.45) is 10.2 Å². The van der Waals surface area contributed by atoms with Gasteiger partial charge in [-0.2, -0.15) is 5.11 Å². The van der Waals surface area contributed by atoms with Crippen molar-refractivity contribution in [1.82, 2.24) is 5.32 Å². The van der Waals surface area contributed by atoms with Crippen LogP contribution in [0.4, 0.5) is 5.69 Å². The van der Waals surface area contributed by atoms with Gasteiger partial charge in [0, 0.05) is 23.7 Å². The molecule has 0 fully saturated rings. The van der Waals surface area contributed by atoms with Gasteiger partial charge < -0.3 is 15.5 Å². The molecule has 164 valence electrons. The first-order valence-electron chi connectivity index (χ1n) is 10.2. The van der Waals surface area contributed by atoms with E-state index in [0.717, 1.165) is 24.6 Å². The summed E-state index contributed by atoms with van der Waals surface area (Å²) in [6.07, 6.45) is 5.98. The summed E-state index contributed by atoms with van der Waals surface area (Å²) >= 11 is 0. The van der Waals surface area contributed by atoms with Crippen LogP contribution >= 0.6 is 0 Å². The van der Waals surface area contributed by atoms with Gasteiger partial charge in [-0.15, -0.1) is 5.11 Å². The summed E-state index contributed by atoms with van der Waals surface area (Å²) in [6, 6.07) is 11.0. The van der Waals surface area contributed by atoms with Gasteiger partial charge in [-0.1, -0.05) is 48.6 Å². The summed E-state index contributed by atoms with van der Waals surface area (Å²) < 4.78 is 0. The fourth-order valence-electron chi connectivity index (χ4n) is 3.14. The number of hydrogen-bond donors (Lipinski definition) is 3. The van der Waals surface area contributed by atoms with Crippen LogP contribution < -0.4 is 5.32 Å². The molecule has 0 radical (unpaired) electrons. The molecule has 2 aromatic carbocycles. The number of nitrogens with zero attached hydrogens (tertiary/aromatic N) is 2. The summed E-state index contributed by atoms with van der Waals surface area (Å²) in [4.78, 5) is 24.2. The number of benzene rings is 2. The molecule has 7 nitrogen and oxygen atoms in total. The first-order valence-corrected chi connectivity index (χ1v) is 10.2. The quantitative estimate of drug-likeness (QED) is 0.307. The van der Waals surface area contributed by atoms with Gasteiger partial charge in [0.1, 0.15) is 17.2 Å². The lowest BCUT2D eigenvalue weighted by Gasteiger charge is -2.12. The Morgan fingerprint density at radius 1 is 1.03 bits per heavy atom. The van der Waals surface area contributed by atoms with E-state index >= 15 is 0 Å². The van der Waals surface area contributed by atoms with Gasteiger partial charge in [0.25, 0.3) is 0 Å². The number of phenols is 2. The van der Waals surface area contributed by atoms with E-state index in [1.54, 1.807) is 37.3 Å². The van der Waals surface area contributed by atoms with E-state index in [-0.39, 0.29) is 34.4 Å². The van der Waals surface area contributed by atoms with E-state index in [9.17, 15) is 19.8 Å². The fraction of sp³-hybridized carbons (Fsp3) is 0.200. The van der Waals surface area contributed by atoms with E-state index in [1.165, 1.54) is 11.6 Å². The van der Waals surface area contributed by atoms with Crippen molar-refractivity contribution in [3.05, 3.63) is 89.2 Å². The molecule has 0 atom stereocenters. The van der Waals surface area contributed by atoms with Gasteiger partial charge in [-0.05, 0) is 38.3 Å². The maximum atomic E-state index is 12.7. The van der Waals surface area contributed by atoms with Crippen LogP contribution in [0.3, 0.4) is 0 Å². The van der Waals surface area contributed by atoms with Crippen molar-refractivity contribution in [2.75, 3.05) is 6.54 Å². The predicted molar refractivity (Wildman–Crippen MR) is 122 cm³/mol. The zero-order chi connectivity index (χ0) is 23.1. The van der Waals surface area contributed by atoms with E-state index in [4.69, 9.17) is 0 Å². The number of amides is 1. The third-order valence-electron chi connectivity index (χ3n) is 4.99. The monoisotopic (exact) mass is 431 g/mol. The Hall–Kier alpha value is -4.00. The van der Waals surface area contributed by atoms with Crippen LogP contribution in [-0.2, 0) is 4.79 Å². The van der Waals surface area contributed by atoms with Crippen LogP contribution in [0.15, 0.2) is 88.3 Å². The Labute approximate surface area is 186 Å². The molecule has 0 unspecified atom stereocenters. The molecule has 1 aliphatic rings. The molecular weight excluding hydrogens is 406 g/mol. The number of azo groups is 1. The minimum Gasteiger partial charge on any atom is -0.507 e. The minimum absolute atomic E-state index is 0.0413. The maximum absolute atomic E-state index is 12.7. The van der Waals surface area contributed by atoms with E-state index in [1.807, 2.05) is 12.2 Å². The first kappa shape index (κ1) is 22.7. The first-order chi connectivity index (χ1) is 15.3. The van der Waals surface area contributed by atoms with E-state index in [0.29, 0.717) is 24.1 Å². The van der Waals surface area contributed by atoms with E-state index < -0.39 is 0 Å². The zero-order valence-corrected chi connectivity index (χ0v) is 17.8. The Morgan fingerprint density at radius 3 is 2.44 bits per heavy atom. The summed E-state index contributed by atoms with van der Waals surface area (Å²) in [6.45, 7) is 5.82. The molecule has 1 aliphatic carbocycles. The van der Waals surface area contributed by atoms with Crippen LogP contribution in [0.1, 0.15) is 42.1 Å². The van der Waals surface area contributed by atoms with Gasteiger partial charge in [-0.25, -0.2) is 0 Å². The number of ketones is 1. The lowest BCUT2D eigenvalue weighted by molar-refractivity contribution is -0.117. The highest BCUT2D eigenvalue weighted by atomic mass is 16.3. The van der Waals surface area contributed by atoms with Gasteiger partial charge in [0.15, 0.2) is 5.78 Å². The van der Waals surface area contributed by atoms with Gasteiger partial charge >= 0.3 is 0 Å². The number of carbonyl (C=O) groups excluding carboxylic acids is 2. The number of nitrogens with one attached hydrogen (secondary N) is 1. The molecule has 0 aromatic heterocycles. The molecule has 0 saturated heterocycles. The highest BCUT2D eigenvalue weighted by Crippen LogP contribution is 2.35. The largest absolute Gasteiger partial charge is 0.507 e. The number of carbonyl (C=O) groups is 2. The number of phenolic OH excluding ortho intramolecular Hbond substituents is 2. The lowest BCUT2D eigenvalue weighted by atomic mass is 10.00. The molecule has 7 heteroatoms. The van der Waals surface area contributed by atoms with Crippen LogP contribution in [0.2, 0.25) is 0 Å². The summed E-state index contributed by atoms with van der Waals surface area (Å²) in [5.74, 6) is -1.11. The molecule has 3 N–H and O–H groups in total. The summed E-state index contributed by atoms with van der Waals surface area (Å²) in [7, 11) is 0. The molecule has 0 aliphatic heterocycles. The minimum atomic E-state index is -0.372. The molecule has 0 bridgehead atoms. The van der Waals surface area contributed by atoms with E-state index in [2.05, 4.69) is 22.1 Å². The number of aromatic hydroxyl groups is 2.